The lowest BCUT2D eigenvalue weighted by atomic mass is 9.50. The maximum absolute atomic E-state index is 2.72. The standard InChI is InChI=1S/C20H32S/c1-13-4-6-17-16(13)8-9-19-18(17)7-5-14-12-15(21-3)10-11-20(14,19)2/h5,13,15-19H,4,6-12H2,1-3H3. The summed E-state index contributed by atoms with van der Waals surface area (Å²) in [6.45, 7) is 5.17. The van der Waals surface area contributed by atoms with Crippen molar-refractivity contribution in [1.29, 1.82) is 0 Å². The van der Waals surface area contributed by atoms with Crippen molar-refractivity contribution < 1.29 is 0 Å². The maximum atomic E-state index is 2.72. The van der Waals surface area contributed by atoms with E-state index in [1.54, 1.807) is 12.8 Å². The van der Waals surface area contributed by atoms with Gasteiger partial charge in [0.25, 0.3) is 0 Å². The van der Waals surface area contributed by atoms with E-state index < -0.39 is 0 Å². The van der Waals surface area contributed by atoms with Crippen LogP contribution in [0.3, 0.4) is 0 Å². The molecule has 4 rings (SSSR count). The summed E-state index contributed by atoms with van der Waals surface area (Å²) >= 11 is 2.10. The number of hydrogen-bond donors (Lipinski definition) is 0. The van der Waals surface area contributed by atoms with Gasteiger partial charge in [0.2, 0.25) is 0 Å². The van der Waals surface area contributed by atoms with E-state index in [9.17, 15) is 0 Å². The number of thioether (sulfide) groups is 1. The van der Waals surface area contributed by atoms with Crippen LogP contribution in [-0.2, 0) is 0 Å². The first-order valence-electron chi connectivity index (χ1n) is 9.36. The summed E-state index contributed by atoms with van der Waals surface area (Å²) in [6, 6.07) is 0. The van der Waals surface area contributed by atoms with Gasteiger partial charge in [0, 0.05) is 5.25 Å². The maximum Gasteiger partial charge on any atom is 0.00819 e. The molecule has 0 heterocycles. The summed E-state index contributed by atoms with van der Waals surface area (Å²) in [6.07, 6.45) is 16.9. The van der Waals surface area contributed by atoms with E-state index in [2.05, 4.69) is 37.9 Å². The highest BCUT2D eigenvalue weighted by Crippen LogP contribution is 2.62. The first-order chi connectivity index (χ1) is 10.1. The molecule has 3 saturated carbocycles. The Morgan fingerprint density at radius 1 is 1.05 bits per heavy atom. The average molecular weight is 305 g/mol. The lowest BCUT2D eigenvalue weighted by molar-refractivity contribution is 0.00782. The number of rotatable bonds is 1. The predicted octanol–water partition coefficient (Wildman–Crippen LogP) is 5.93. The molecule has 0 spiro atoms. The molecule has 21 heavy (non-hydrogen) atoms. The van der Waals surface area contributed by atoms with Gasteiger partial charge >= 0.3 is 0 Å². The van der Waals surface area contributed by atoms with Crippen LogP contribution in [0.5, 0.6) is 0 Å². The summed E-state index contributed by atoms with van der Waals surface area (Å²) in [4.78, 5) is 0. The van der Waals surface area contributed by atoms with E-state index in [-0.39, 0.29) is 0 Å². The monoisotopic (exact) mass is 304 g/mol. The van der Waals surface area contributed by atoms with Crippen molar-refractivity contribution in [2.45, 2.75) is 70.5 Å². The molecule has 7 atom stereocenters. The Hall–Kier alpha value is 0.0900. The molecule has 4 aliphatic carbocycles. The quantitative estimate of drug-likeness (QED) is 0.541. The first kappa shape index (κ1) is 14.7. The van der Waals surface area contributed by atoms with Gasteiger partial charge in [-0.05, 0) is 86.2 Å². The highest BCUT2D eigenvalue weighted by molar-refractivity contribution is 7.99. The SMILES string of the molecule is CSC1CCC2(C)C(=CCC3C4CCC(C)C4CCC32)C1. The van der Waals surface area contributed by atoms with Gasteiger partial charge in [0.1, 0.15) is 0 Å². The van der Waals surface area contributed by atoms with Crippen molar-refractivity contribution in [3.8, 4) is 0 Å². The molecule has 0 bridgehead atoms. The van der Waals surface area contributed by atoms with Gasteiger partial charge in [-0.1, -0.05) is 31.9 Å². The molecular formula is C20H32S. The minimum absolute atomic E-state index is 0.575. The van der Waals surface area contributed by atoms with Crippen LogP contribution in [0.15, 0.2) is 11.6 Å². The van der Waals surface area contributed by atoms with Gasteiger partial charge in [0.05, 0.1) is 0 Å². The van der Waals surface area contributed by atoms with Gasteiger partial charge in [0.15, 0.2) is 0 Å². The Morgan fingerprint density at radius 2 is 1.86 bits per heavy atom. The van der Waals surface area contributed by atoms with Crippen molar-refractivity contribution >= 4 is 11.8 Å². The van der Waals surface area contributed by atoms with Gasteiger partial charge in [-0.25, -0.2) is 0 Å². The molecular weight excluding hydrogens is 272 g/mol. The van der Waals surface area contributed by atoms with E-state index in [4.69, 9.17) is 0 Å². The molecule has 0 amide bonds. The third-order valence-corrected chi connectivity index (χ3v) is 9.14. The molecule has 0 saturated heterocycles. The van der Waals surface area contributed by atoms with Crippen molar-refractivity contribution in [2.75, 3.05) is 6.26 Å². The number of hydrogen-bond acceptors (Lipinski definition) is 1. The predicted molar refractivity (Wildman–Crippen MR) is 93.6 cm³/mol. The van der Waals surface area contributed by atoms with Crippen molar-refractivity contribution in [3.63, 3.8) is 0 Å². The van der Waals surface area contributed by atoms with Gasteiger partial charge in [-0.3, -0.25) is 0 Å². The highest BCUT2D eigenvalue weighted by atomic mass is 32.2. The van der Waals surface area contributed by atoms with E-state index in [1.165, 1.54) is 38.5 Å². The molecule has 1 heteroatoms. The van der Waals surface area contributed by atoms with Crippen molar-refractivity contribution in [1.82, 2.24) is 0 Å². The Labute approximate surface area is 135 Å². The fourth-order valence-electron chi connectivity index (χ4n) is 6.77. The Kier molecular flexibility index (Phi) is 3.72. The molecule has 7 unspecified atom stereocenters. The number of fused-ring (bicyclic) bond motifs is 5. The molecule has 118 valence electrons. The molecule has 3 fully saturated rings. The zero-order valence-corrected chi connectivity index (χ0v) is 14.9. The Bertz CT molecular complexity index is 439. The van der Waals surface area contributed by atoms with Gasteiger partial charge in [-0.15, -0.1) is 0 Å². The minimum atomic E-state index is 0.575. The molecule has 0 radical (unpaired) electrons. The van der Waals surface area contributed by atoms with Crippen LogP contribution in [-0.4, -0.2) is 11.5 Å². The van der Waals surface area contributed by atoms with Gasteiger partial charge in [-0.2, -0.15) is 11.8 Å². The van der Waals surface area contributed by atoms with E-state index in [0.717, 1.165) is 34.8 Å². The van der Waals surface area contributed by atoms with Crippen LogP contribution < -0.4 is 0 Å². The van der Waals surface area contributed by atoms with Crippen molar-refractivity contribution in [3.05, 3.63) is 11.6 Å². The zero-order valence-electron chi connectivity index (χ0n) is 14.1. The van der Waals surface area contributed by atoms with E-state index in [1.807, 2.05) is 5.57 Å². The van der Waals surface area contributed by atoms with E-state index >= 15 is 0 Å². The first-order valence-corrected chi connectivity index (χ1v) is 10.6. The van der Waals surface area contributed by atoms with Crippen LogP contribution in [0.1, 0.15) is 65.2 Å². The normalized spacial score (nSPS) is 52.6. The second-order valence-electron chi connectivity index (χ2n) is 8.71. The minimum Gasteiger partial charge on any atom is -0.162 e. The summed E-state index contributed by atoms with van der Waals surface area (Å²) in [5, 5.41) is 0.906. The summed E-state index contributed by atoms with van der Waals surface area (Å²) in [7, 11) is 0. The molecule has 0 aromatic rings. The summed E-state index contributed by atoms with van der Waals surface area (Å²) in [5.41, 5.74) is 2.44. The lowest BCUT2D eigenvalue weighted by Crippen LogP contribution is -2.47. The third-order valence-electron chi connectivity index (χ3n) is 8.07. The van der Waals surface area contributed by atoms with E-state index in [0.29, 0.717) is 5.41 Å². The third kappa shape index (κ3) is 2.17. The zero-order chi connectivity index (χ0) is 14.6. The topological polar surface area (TPSA) is 0 Å². The fraction of sp³-hybridized carbons (Fsp3) is 0.900. The molecule has 0 aromatic carbocycles. The molecule has 4 aliphatic rings. The smallest absolute Gasteiger partial charge is 0.00819 e. The molecule has 0 nitrogen and oxygen atoms in total. The summed E-state index contributed by atoms with van der Waals surface area (Å²) < 4.78 is 0. The van der Waals surface area contributed by atoms with Crippen LogP contribution in [0, 0.1) is 35.0 Å². The molecule has 0 aliphatic heterocycles. The Balaban J connectivity index is 1.61. The highest BCUT2D eigenvalue weighted by Gasteiger charge is 2.53. The second-order valence-corrected chi connectivity index (χ2v) is 9.85. The fourth-order valence-corrected chi connectivity index (χ4v) is 7.47. The van der Waals surface area contributed by atoms with Gasteiger partial charge < -0.3 is 0 Å². The van der Waals surface area contributed by atoms with Crippen LogP contribution in [0.2, 0.25) is 0 Å². The lowest BCUT2D eigenvalue weighted by Gasteiger charge is -2.55. The number of allylic oxidation sites excluding steroid dienone is 2. The summed E-state index contributed by atoms with van der Waals surface area (Å²) in [5.74, 6) is 5.22. The van der Waals surface area contributed by atoms with Crippen molar-refractivity contribution in [2.24, 2.45) is 35.0 Å². The second kappa shape index (κ2) is 5.32. The largest absolute Gasteiger partial charge is 0.162 e. The van der Waals surface area contributed by atoms with Crippen LogP contribution in [0.4, 0.5) is 0 Å². The molecule has 0 N–H and O–H groups in total. The average Bonchev–Trinajstić information content (AvgIpc) is 2.88. The van der Waals surface area contributed by atoms with Crippen LogP contribution in [0.25, 0.3) is 0 Å². The Morgan fingerprint density at radius 3 is 2.67 bits per heavy atom. The van der Waals surface area contributed by atoms with Crippen LogP contribution >= 0.6 is 11.8 Å². The molecule has 0 aromatic heterocycles.